The maximum Gasteiger partial charge on any atom is 0.339 e. The summed E-state index contributed by atoms with van der Waals surface area (Å²) in [6.45, 7) is 1.89. The Morgan fingerprint density at radius 1 is 1.09 bits per heavy atom. The molecule has 0 aliphatic carbocycles. The topological polar surface area (TPSA) is 61.2 Å². The lowest BCUT2D eigenvalue weighted by Crippen LogP contribution is -2.09. The van der Waals surface area contributed by atoms with Gasteiger partial charge in [-0.25, -0.2) is 4.98 Å². The zero-order valence-corrected chi connectivity index (χ0v) is 12.7. The third-order valence-electron chi connectivity index (χ3n) is 3.14. The number of aromatic nitrogens is 2. The monoisotopic (exact) mass is 314 g/mol. The molecule has 0 N–H and O–H groups in total. The van der Waals surface area contributed by atoms with Crippen LogP contribution in [0.25, 0.3) is 5.69 Å². The highest BCUT2D eigenvalue weighted by Gasteiger charge is 2.16. The quantitative estimate of drug-likeness (QED) is 0.695. The summed E-state index contributed by atoms with van der Waals surface area (Å²) in [6, 6.07) is 13.4. The van der Waals surface area contributed by atoms with Gasteiger partial charge in [0.2, 0.25) is 0 Å². The number of nitrogens with zero attached hydrogens (tertiary/aromatic N) is 2. The molecule has 0 unspecified atom stereocenters. The molecule has 3 aromatic rings. The summed E-state index contributed by atoms with van der Waals surface area (Å²) in [4.78, 5) is 4.09. The largest absolute Gasteiger partial charge is 0.379 e. The van der Waals surface area contributed by atoms with E-state index < -0.39 is 10.1 Å². The highest BCUT2D eigenvalue weighted by molar-refractivity contribution is 7.87. The molecule has 0 fully saturated rings. The Kier molecular flexibility index (Phi) is 3.68. The Bertz CT molecular complexity index is 870. The summed E-state index contributed by atoms with van der Waals surface area (Å²) in [5.41, 5.74) is 1.76. The maximum atomic E-state index is 12.3. The normalized spacial score (nSPS) is 11.3. The van der Waals surface area contributed by atoms with E-state index >= 15 is 0 Å². The first-order valence-electron chi connectivity index (χ1n) is 6.64. The average molecular weight is 314 g/mol. The molecule has 1 aromatic heterocycles. The second kappa shape index (κ2) is 5.65. The van der Waals surface area contributed by atoms with Crippen molar-refractivity contribution in [1.82, 2.24) is 9.55 Å². The molecule has 0 saturated heterocycles. The van der Waals surface area contributed by atoms with Crippen molar-refractivity contribution in [3.8, 4) is 11.4 Å². The molecule has 22 heavy (non-hydrogen) atoms. The molecular formula is C16H14N2O3S. The molecule has 0 saturated carbocycles. The van der Waals surface area contributed by atoms with Gasteiger partial charge in [-0.15, -0.1) is 0 Å². The Morgan fingerprint density at radius 3 is 2.55 bits per heavy atom. The Balaban J connectivity index is 1.89. The lowest BCUT2D eigenvalue weighted by atomic mass is 10.2. The molecule has 6 heteroatoms. The average Bonchev–Trinajstić information content (AvgIpc) is 3.02. The number of rotatable bonds is 4. The van der Waals surface area contributed by atoms with Crippen molar-refractivity contribution >= 4 is 10.1 Å². The predicted octanol–water partition coefficient (Wildman–Crippen LogP) is 2.95. The lowest BCUT2D eigenvalue weighted by molar-refractivity contribution is 0.486. The van der Waals surface area contributed by atoms with Crippen LogP contribution in [0.4, 0.5) is 0 Å². The SMILES string of the molecule is Cc1ccc(S(=O)(=O)Oc2cccc(-n3ccnc3)c2)cc1. The summed E-state index contributed by atoms with van der Waals surface area (Å²) >= 11 is 0. The first-order valence-corrected chi connectivity index (χ1v) is 8.05. The van der Waals surface area contributed by atoms with Gasteiger partial charge in [-0.2, -0.15) is 8.42 Å². The summed E-state index contributed by atoms with van der Waals surface area (Å²) < 4.78 is 31.5. The fraction of sp³-hybridized carbons (Fsp3) is 0.0625. The fourth-order valence-corrected chi connectivity index (χ4v) is 2.91. The van der Waals surface area contributed by atoms with Crippen LogP contribution in [0, 0.1) is 6.92 Å². The van der Waals surface area contributed by atoms with Gasteiger partial charge in [0.15, 0.2) is 0 Å². The number of benzene rings is 2. The van der Waals surface area contributed by atoms with Gasteiger partial charge in [0, 0.05) is 18.5 Å². The highest BCUT2D eigenvalue weighted by Crippen LogP contribution is 2.21. The van der Waals surface area contributed by atoms with Crippen LogP contribution < -0.4 is 4.18 Å². The van der Waals surface area contributed by atoms with Crippen molar-refractivity contribution in [2.45, 2.75) is 11.8 Å². The molecule has 0 spiro atoms. The molecule has 112 valence electrons. The minimum Gasteiger partial charge on any atom is -0.379 e. The zero-order chi connectivity index (χ0) is 15.6. The van der Waals surface area contributed by atoms with Gasteiger partial charge in [0.25, 0.3) is 0 Å². The minimum absolute atomic E-state index is 0.131. The Hall–Kier alpha value is -2.60. The van der Waals surface area contributed by atoms with Crippen molar-refractivity contribution in [3.63, 3.8) is 0 Å². The van der Waals surface area contributed by atoms with Crippen molar-refractivity contribution in [2.24, 2.45) is 0 Å². The summed E-state index contributed by atoms with van der Waals surface area (Å²) in [7, 11) is -3.84. The van der Waals surface area contributed by atoms with Gasteiger partial charge in [-0.05, 0) is 31.2 Å². The number of imidazole rings is 1. The Labute approximate surface area is 128 Å². The zero-order valence-electron chi connectivity index (χ0n) is 11.9. The lowest BCUT2D eigenvalue weighted by Gasteiger charge is -2.09. The second-order valence-corrected chi connectivity index (χ2v) is 6.36. The van der Waals surface area contributed by atoms with E-state index in [4.69, 9.17) is 4.18 Å². The molecule has 0 amide bonds. The molecule has 2 aromatic carbocycles. The van der Waals surface area contributed by atoms with Crippen LogP contribution in [-0.2, 0) is 10.1 Å². The van der Waals surface area contributed by atoms with E-state index in [1.807, 2.05) is 13.0 Å². The first-order chi connectivity index (χ1) is 10.5. The van der Waals surface area contributed by atoms with E-state index in [1.165, 1.54) is 12.1 Å². The van der Waals surface area contributed by atoms with Gasteiger partial charge in [-0.1, -0.05) is 23.8 Å². The van der Waals surface area contributed by atoms with Crippen molar-refractivity contribution in [1.29, 1.82) is 0 Å². The molecular weight excluding hydrogens is 300 g/mol. The third-order valence-corrected chi connectivity index (χ3v) is 4.40. The smallest absolute Gasteiger partial charge is 0.339 e. The van der Waals surface area contributed by atoms with Crippen LogP contribution in [0.15, 0.2) is 72.1 Å². The van der Waals surface area contributed by atoms with Gasteiger partial charge in [-0.3, -0.25) is 0 Å². The van der Waals surface area contributed by atoms with Gasteiger partial charge >= 0.3 is 10.1 Å². The molecule has 5 nitrogen and oxygen atoms in total. The standard InChI is InChI=1S/C16H14N2O3S/c1-13-5-7-16(8-6-13)22(19,20)21-15-4-2-3-14(11-15)18-10-9-17-12-18/h2-12H,1H3. The summed E-state index contributed by atoms with van der Waals surface area (Å²) in [5, 5.41) is 0. The molecule has 0 radical (unpaired) electrons. The summed E-state index contributed by atoms with van der Waals surface area (Å²) in [6.07, 6.45) is 5.05. The molecule has 0 aliphatic rings. The highest BCUT2D eigenvalue weighted by atomic mass is 32.2. The molecule has 0 bridgehead atoms. The van der Waals surface area contributed by atoms with E-state index in [-0.39, 0.29) is 10.6 Å². The van der Waals surface area contributed by atoms with Crippen LogP contribution in [0.2, 0.25) is 0 Å². The van der Waals surface area contributed by atoms with Crippen LogP contribution in [0.5, 0.6) is 5.75 Å². The van der Waals surface area contributed by atoms with E-state index in [2.05, 4.69) is 4.98 Å². The number of hydrogen-bond acceptors (Lipinski definition) is 4. The minimum atomic E-state index is -3.84. The van der Waals surface area contributed by atoms with E-state index in [1.54, 1.807) is 53.6 Å². The second-order valence-electron chi connectivity index (χ2n) is 4.82. The van der Waals surface area contributed by atoms with Gasteiger partial charge in [0.05, 0.1) is 12.0 Å². The molecule has 3 rings (SSSR count). The predicted molar refractivity (Wildman–Crippen MR) is 82.6 cm³/mol. The van der Waals surface area contributed by atoms with Crippen LogP contribution >= 0.6 is 0 Å². The number of hydrogen-bond donors (Lipinski definition) is 0. The fourth-order valence-electron chi connectivity index (χ4n) is 1.99. The van der Waals surface area contributed by atoms with Crippen LogP contribution in [0.3, 0.4) is 0 Å². The maximum absolute atomic E-state index is 12.3. The van der Waals surface area contributed by atoms with E-state index in [0.29, 0.717) is 0 Å². The molecule has 0 aliphatic heterocycles. The number of aryl methyl sites for hydroxylation is 1. The van der Waals surface area contributed by atoms with Crippen LogP contribution in [0.1, 0.15) is 5.56 Å². The molecule has 0 atom stereocenters. The van der Waals surface area contributed by atoms with E-state index in [9.17, 15) is 8.42 Å². The van der Waals surface area contributed by atoms with Crippen molar-refractivity contribution < 1.29 is 12.6 Å². The Morgan fingerprint density at radius 2 is 1.86 bits per heavy atom. The van der Waals surface area contributed by atoms with Gasteiger partial charge in [0.1, 0.15) is 10.6 Å². The van der Waals surface area contributed by atoms with E-state index in [0.717, 1.165) is 11.3 Å². The van der Waals surface area contributed by atoms with Gasteiger partial charge < -0.3 is 8.75 Å². The summed E-state index contributed by atoms with van der Waals surface area (Å²) in [5.74, 6) is 0.256. The first kappa shape index (κ1) is 14.3. The van der Waals surface area contributed by atoms with Crippen molar-refractivity contribution in [2.75, 3.05) is 0 Å². The van der Waals surface area contributed by atoms with Crippen molar-refractivity contribution in [3.05, 3.63) is 72.8 Å². The molecule has 1 heterocycles. The van der Waals surface area contributed by atoms with Crippen LogP contribution in [-0.4, -0.2) is 18.0 Å². The third kappa shape index (κ3) is 3.01.